The Kier molecular flexibility index (Phi) is 5.64. The number of hydrogen-bond donors (Lipinski definition) is 0. The van der Waals surface area contributed by atoms with E-state index in [9.17, 15) is 18.5 Å². The summed E-state index contributed by atoms with van der Waals surface area (Å²) in [5.74, 6) is 1.15. The lowest BCUT2D eigenvalue weighted by Gasteiger charge is -2.20. The van der Waals surface area contributed by atoms with Crippen LogP contribution in [0.3, 0.4) is 0 Å². The van der Waals surface area contributed by atoms with Gasteiger partial charge in [-0.15, -0.1) is 0 Å². The molecule has 1 aromatic heterocycles. The van der Waals surface area contributed by atoms with Gasteiger partial charge in [0.2, 0.25) is 5.88 Å². The van der Waals surface area contributed by atoms with Crippen LogP contribution in [0.15, 0.2) is 71.8 Å². The largest absolute Gasteiger partial charge is 0.497 e. The molecule has 10 heteroatoms. The third-order valence-corrected chi connectivity index (χ3v) is 5.87. The highest BCUT2D eigenvalue weighted by Crippen LogP contribution is 2.27. The summed E-state index contributed by atoms with van der Waals surface area (Å²) in [4.78, 5) is 14.1. The Morgan fingerprint density at radius 3 is 2.10 bits per heavy atom. The van der Waals surface area contributed by atoms with Gasteiger partial charge in [0.1, 0.15) is 17.7 Å². The minimum absolute atomic E-state index is 0.135. The van der Waals surface area contributed by atoms with Gasteiger partial charge in [0.15, 0.2) is 0 Å². The highest BCUT2D eigenvalue weighted by molar-refractivity contribution is 7.92. The van der Waals surface area contributed by atoms with Gasteiger partial charge in [-0.25, -0.2) is 13.4 Å². The SMILES string of the molecule is COc1ccc(S(=O)(=O)N(C)c2ccc(Oc3ccc([N+](=O)[O-])cn3)cc2)cc1. The number of nitrogens with zero attached hydrogens (tertiary/aromatic N) is 3. The van der Waals surface area contributed by atoms with Gasteiger partial charge in [0.25, 0.3) is 15.7 Å². The molecule has 3 aromatic rings. The fourth-order valence-corrected chi connectivity index (χ4v) is 3.63. The zero-order chi connectivity index (χ0) is 21.0. The van der Waals surface area contributed by atoms with Crippen LogP contribution in [-0.2, 0) is 10.0 Å². The lowest BCUT2D eigenvalue weighted by Crippen LogP contribution is -2.26. The smallest absolute Gasteiger partial charge is 0.287 e. The predicted octanol–water partition coefficient (Wildman–Crippen LogP) is 3.62. The Morgan fingerprint density at radius 1 is 0.966 bits per heavy atom. The number of nitro groups is 1. The van der Waals surface area contributed by atoms with Gasteiger partial charge in [-0.2, -0.15) is 0 Å². The van der Waals surface area contributed by atoms with Gasteiger partial charge < -0.3 is 9.47 Å². The maximum absolute atomic E-state index is 12.8. The van der Waals surface area contributed by atoms with E-state index in [1.54, 1.807) is 36.4 Å². The van der Waals surface area contributed by atoms with Crippen molar-refractivity contribution >= 4 is 21.4 Å². The molecule has 0 bridgehead atoms. The number of aromatic nitrogens is 1. The monoisotopic (exact) mass is 415 g/mol. The van der Waals surface area contributed by atoms with Gasteiger partial charge in [-0.05, 0) is 48.5 Å². The molecule has 0 saturated carbocycles. The molecule has 0 amide bonds. The Hall–Kier alpha value is -3.66. The quantitative estimate of drug-likeness (QED) is 0.428. The summed E-state index contributed by atoms with van der Waals surface area (Å²) in [5, 5.41) is 10.7. The standard InChI is InChI=1S/C19H17N3O6S/c1-21(29(25,26)18-10-8-16(27-2)9-11-18)14-3-6-17(7-4-14)28-19-12-5-15(13-20-19)22(23)24/h3-13H,1-2H3. The molecule has 150 valence electrons. The van der Waals surface area contributed by atoms with Crippen LogP contribution in [0.1, 0.15) is 0 Å². The second kappa shape index (κ2) is 8.15. The fraction of sp³-hybridized carbons (Fsp3) is 0.105. The molecule has 0 fully saturated rings. The lowest BCUT2D eigenvalue weighted by atomic mass is 10.3. The molecule has 0 radical (unpaired) electrons. The zero-order valence-corrected chi connectivity index (χ0v) is 16.4. The Bertz CT molecular complexity index is 1100. The van der Waals surface area contributed by atoms with Crippen LogP contribution in [0.5, 0.6) is 17.4 Å². The summed E-state index contributed by atoms with van der Waals surface area (Å²) in [6.07, 6.45) is 1.10. The minimum atomic E-state index is -3.74. The average Bonchev–Trinajstić information content (AvgIpc) is 2.74. The molecule has 1 heterocycles. The van der Waals surface area contributed by atoms with E-state index < -0.39 is 14.9 Å². The topological polar surface area (TPSA) is 112 Å². The number of hydrogen-bond acceptors (Lipinski definition) is 7. The van der Waals surface area contributed by atoms with E-state index >= 15 is 0 Å². The number of benzene rings is 2. The highest BCUT2D eigenvalue weighted by atomic mass is 32.2. The maximum Gasteiger partial charge on any atom is 0.287 e. The summed E-state index contributed by atoms with van der Waals surface area (Å²) in [7, 11) is -0.784. The lowest BCUT2D eigenvalue weighted by molar-refractivity contribution is -0.385. The first-order valence-electron chi connectivity index (χ1n) is 8.32. The molecule has 0 unspecified atom stereocenters. The first-order valence-corrected chi connectivity index (χ1v) is 9.76. The van der Waals surface area contributed by atoms with E-state index in [0.29, 0.717) is 17.2 Å². The van der Waals surface area contributed by atoms with Crippen molar-refractivity contribution in [3.8, 4) is 17.4 Å². The van der Waals surface area contributed by atoms with Crippen molar-refractivity contribution in [3.63, 3.8) is 0 Å². The normalized spacial score (nSPS) is 11.0. The molecular weight excluding hydrogens is 398 g/mol. The van der Waals surface area contributed by atoms with Crippen LogP contribution in [0.25, 0.3) is 0 Å². The molecule has 0 atom stereocenters. The van der Waals surface area contributed by atoms with Gasteiger partial charge in [-0.1, -0.05) is 0 Å². The van der Waals surface area contributed by atoms with E-state index in [4.69, 9.17) is 9.47 Å². The average molecular weight is 415 g/mol. The number of pyridine rings is 1. The van der Waals surface area contributed by atoms with Crippen LogP contribution >= 0.6 is 0 Å². The molecule has 0 N–H and O–H groups in total. The van der Waals surface area contributed by atoms with E-state index in [-0.39, 0.29) is 16.5 Å². The number of sulfonamides is 1. The van der Waals surface area contributed by atoms with Crippen molar-refractivity contribution in [1.82, 2.24) is 4.98 Å². The zero-order valence-electron chi connectivity index (χ0n) is 15.6. The molecule has 0 saturated heterocycles. The summed E-state index contributed by atoms with van der Waals surface area (Å²) < 4.78 is 37.3. The molecule has 0 aliphatic rings. The number of rotatable bonds is 7. The van der Waals surface area contributed by atoms with Gasteiger partial charge in [-0.3, -0.25) is 14.4 Å². The van der Waals surface area contributed by atoms with Crippen LogP contribution < -0.4 is 13.8 Å². The summed E-state index contributed by atoms with van der Waals surface area (Å²) in [6, 6.07) is 15.1. The van der Waals surface area contributed by atoms with Crippen LogP contribution in [0.2, 0.25) is 0 Å². The summed E-state index contributed by atoms with van der Waals surface area (Å²) in [6.45, 7) is 0. The second-order valence-electron chi connectivity index (χ2n) is 5.86. The van der Waals surface area contributed by atoms with E-state index in [2.05, 4.69) is 4.98 Å². The van der Waals surface area contributed by atoms with Crippen molar-refractivity contribution in [1.29, 1.82) is 0 Å². The molecule has 3 rings (SSSR count). The minimum Gasteiger partial charge on any atom is -0.497 e. The molecule has 2 aromatic carbocycles. The molecule has 0 aliphatic carbocycles. The van der Waals surface area contributed by atoms with Crippen molar-refractivity contribution in [2.45, 2.75) is 4.90 Å². The van der Waals surface area contributed by atoms with Crippen LogP contribution in [-0.4, -0.2) is 32.5 Å². The highest BCUT2D eigenvalue weighted by Gasteiger charge is 2.21. The number of methoxy groups -OCH3 is 1. The fourth-order valence-electron chi connectivity index (χ4n) is 2.43. The van der Waals surface area contributed by atoms with Crippen LogP contribution in [0.4, 0.5) is 11.4 Å². The number of anilines is 1. The van der Waals surface area contributed by atoms with Gasteiger partial charge in [0, 0.05) is 19.2 Å². The molecule has 0 aliphatic heterocycles. The molecule has 9 nitrogen and oxygen atoms in total. The Balaban J connectivity index is 1.75. The van der Waals surface area contributed by atoms with Crippen molar-refractivity contribution in [2.24, 2.45) is 0 Å². The first-order chi connectivity index (χ1) is 13.8. The maximum atomic E-state index is 12.8. The third-order valence-electron chi connectivity index (χ3n) is 4.07. The second-order valence-corrected chi connectivity index (χ2v) is 7.83. The van der Waals surface area contributed by atoms with Crippen LogP contribution in [0, 0.1) is 10.1 Å². The third kappa shape index (κ3) is 4.43. The predicted molar refractivity (Wildman–Crippen MR) is 106 cm³/mol. The molecule has 0 spiro atoms. The Morgan fingerprint density at radius 2 is 1.59 bits per heavy atom. The van der Waals surface area contributed by atoms with Crippen molar-refractivity contribution in [2.75, 3.05) is 18.5 Å². The Labute approximate surface area is 167 Å². The van der Waals surface area contributed by atoms with E-state index in [1.807, 2.05) is 0 Å². The van der Waals surface area contributed by atoms with Gasteiger partial charge >= 0.3 is 0 Å². The van der Waals surface area contributed by atoms with Crippen molar-refractivity contribution in [3.05, 3.63) is 77.0 Å². The van der Waals surface area contributed by atoms with Crippen molar-refractivity contribution < 1.29 is 22.8 Å². The molecule has 29 heavy (non-hydrogen) atoms. The summed E-state index contributed by atoms with van der Waals surface area (Å²) >= 11 is 0. The van der Waals surface area contributed by atoms with Gasteiger partial charge in [0.05, 0.1) is 22.6 Å². The summed E-state index contributed by atoms with van der Waals surface area (Å²) in [5.41, 5.74) is 0.294. The molecular formula is C19H17N3O6S. The number of ether oxygens (including phenoxy) is 2. The van der Waals surface area contributed by atoms with E-state index in [0.717, 1.165) is 10.5 Å². The van der Waals surface area contributed by atoms with E-state index in [1.165, 1.54) is 38.4 Å². The first kappa shape index (κ1) is 20.1.